The molecule has 2 heterocycles. The van der Waals surface area contributed by atoms with E-state index in [1.54, 1.807) is 25.3 Å². The van der Waals surface area contributed by atoms with Crippen LogP contribution in [0.25, 0.3) is 39.2 Å². The first-order valence-electron chi connectivity index (χ1n) is 14.1. The molecule has 0 unspecified atom stereocenters. The SMILES string of the molecule is CCOC(=O)c1ccc(-n2c(-c3ccccc3)cc(/C=N\NC(=O)c3cc4cc([N+](=O)[O-])ccc4o3)c2-c2ccccc2)cc1. The molecule has 4 aromatic carbocycles. The van der Waals surface area contributed by atoms with Crippen molar-refractivity contribution < 1.29 is 23.7 Å². The lowest BCUT2D eigenvalue weighted by Crippen LogP contribution is -2.16. The molecule has 2 aromatic heterocycles. The van der Waals surface area contributed by atoms with Crippen LogP contribution in [0.3, 0.4) is 0 Å². The number of furan rings is 1. The number of carbonyl (C=O) groups excluding carboxylic acids is 2. The van der Waals surface area contributed by atoms with Crippen molar-refractivity contribution in [3.63, 3.8) is 0 Å². The van der Waals surface area contributed by atoms with Crippen LogP contribution in [0.1, 0.15) is 33.4 Å². The van der Waals surface area contributed by atoms with Gasteiger partial charge in [0.15, 0.2) is 5.76 Å². The number of nitro benzene ring substituents is 1. The Balaban J connectivity index is 1.40. The minimum Gasteiger partial charge on any atom is -0.462 e. The molecule has 0 saturated carbocycles. The molecule has 0 radical (unpaired) electrons. The molecule has 0 spiro atoms. The number of rotatable bonds is 9. The van der Waals surface area contributed by atoms with Crippen LogP contribution in [0.5, 0.6) is 0 Å². The van der Waals surface area contributed by atoms with Gasteiger partial charge in [0, 0.05) is 28.8 Å². The molecule has 10 nitrogen and oxygen atoms in total. The number of hydrazone groups is 1. The number of esters is 1. The van der Waals surface area contributed by atoms with E-state index >= 15 is 0 Å². The number of benzene rings is 4. The van der Waals surface area contributed by atoms with Crippen molar-refractivity contribution >= 4 is 34.7 Å². The van der Waals surface area contributed by atoms with Crippen molar-refractivity contribution in [3.05, 3.63) is 142 Å². The minimum absolute atomic E-state index is 0.0323. The number of hydrogen-bond acceptors (Lipinski definition) is 7. The van der Waals surface area contributed by atoms with Crippen LogP contribution < -0.4 is 5.43 Å². The summed E-state index contributed by atoms with van der Waals surface area (Å²) in [4.78, 5) is 35.9. The molecule has 0 bridgehead atoms. The van der Waals surface area contributed by atoms with E-state index in [0.717, 1.165) is 33.8 Å². The predicted octanol–water partition coefficient (Wildman–Crippen LogP) is 7.41. The van der Waals surface area contributed by atoms with E-state index in [1.807, 2.05) is 78.9 Å². The second-order valence-electron chi connectivity index (χ2n) is 9.96. The molecule has 0 fully saturated rings. The lowest BCUT2D eigenvalue weighted by atomic mass is 10.1. The number of nitrogens with zero attached hydrogens (tertiary/aromatic N) is 3. The molecule has 0 aliphatic heterocycles. The summed E-state index contributed by atoms with van der Waals surface area (Å²) in [6.07, 6.45) is 1.56. The first kappa shape index (κ1) is 28.8. The van der Waals surface area contributed by atoms with Gasteiger partial charge in [-0.05, 0) is 60.5 Å². The molecule has 10 heteroatoms. The summed E-state index contributed by atoms with van der Waals surface area (Å²) >= 11 is 0. The van der Waals surface area contributed by atoms with Gasteiger partial charge in [-0.15, -0.1) is 0 Å². The summed E-state index contributed by atoms with van der Waals surface area (Å²) in [5.74, 6) is -1.03. The summed E-state index contributed by atoms with van der Waals surface area (Å²) in [6.45, 7) is 2.05. The topological polar surface area (TPSA) is 129 Å². The van der Waals surface area contributed by atoms with Crippen molar-refractivity contribution in [2.24, 2.45) is 5.10 Å². The highest BCUT2D eigenvalue weighted by atomic mass is 16.6. The van der Waals surface area contributed by atoms with E-state index in [2.05, 4.69) is 15.1 Å². The van der Waals surface area contributed by atoms with Gasteiger partial charge >= 0.3 is 11.9 Å². The molecule has 1 N–H and O–H groups in total. The van der Waals surface area contributed by atoms with E-state index in [-0.39, 0.29) is 18.1 Å². The molecule has 0 aliphatic rings. The van der Waals surface area contributed by atoms with Gasteiger partial charge in [-0.25, -0.2) is 10.2 Å². The summed E-state index contributed by atoms with van der Waals surface area (Å²) in [5, 5.41) is 15.8. The number of fused-ring (bicyclic) bond motifs is 1. The molecule has 0 saturated heterocycles. The fourth-order valence-corrected chi connectivity index (χ4v) is 5.04. The van der Waals surface area contributed by atoms with E-state index < -0.39 is 16.8 Å². The van der Waals surface area contributed by atoms with Crippen molar-refractivity contribution in [2.75, 3.05) is 6.61 Å². The fourth-order valence-electron chi connectivity index (χ4n) is 5.04. The standard InChI is InChI=1S/C35H26N4O6/c1-2-44-35(41)25-13-15-28(16-14-25)38-30(23-9-5-3-6-10-23)20-27(33(38)24-11-7-4-8-12-24)22-36-37-34(40)32-21-26-19-29(39(42)43)17-18-31(26)45-32/h3-22H,2H2,1H3,(H,37,40)/b36-22-. The number of nitro groups is 1. The zero-order valence-corrected chi connectivity index (χ0v) is 24.0. The zero-order chi connectivity index (χ0) is 31.3. The van der Waals surface area contributed by atoms with Gasteiger partial charge in [0.05, 0.1) is 34.7 Å². The van der Waals surface area contributed by atoms with Gasteiger partial charge in [0.2, 0.25) is 0 Å². The highest BCUT2D eigenvalue weighted by molar-refractivity contribution is 5.98. The average Bonchev–Trinajstić information content (AvgIpc) is 3.67. The first-order valence-corrected chi connectivity index (χ1v) is 14.1. The lowest BCUT2D eigenvalue weighted by Gasteiger charge is -2.15. The molecule has 0 aliphatic carbocycles. The maximum Gasteiger partial charge on any atom is 0.338 e. The van der Waals surface area contributed by atoms with E-state index in [0.29, 0.717) is 16.5 Å². The molecule has 6 rings (SSSR count). The largest absolute Gasteiger partial charge is 0.462 e. The van der Waals surface area contributed by atoms with Crippen LogP contribution in [0.15, 0.2) is 125 Å². The first-order chi connectivity index (χ1) is 21.9. The number of non-ortho nitro benzene ring substituents is 1. The highest BCUT2D eigenvalue weighted by Crippen LogP contribution is 2.35. The van der Waals surface area contributed by atoms with Gasteiger partial charge in [0.25, 0.3) is 5.69 Å². The third kappa shape index (κ3) is 5.98. The molecule has 6 aromatic rings. The smallest absolute Gasteiger partial charge is 0.338 e. The van der Waals surface area contributed by atoms with Gasteiger partial charge in [-0.2, -0.15) is 5.10 Å². The monoisotopic (exact) mass is 598 g/mol. The zero-order valence-electron chi connectivity index (χ0n) is 24.0. The van der Waals surface area contributed by atoms with Crippen LogP contribution in [0, 0.1) is 10.1 Å². The Bertz CT molecular complexity index is 2050. The Morgan fingerprint density at radius 2 is 1.60 bits per heavy atom. The van der Waals surface area contributed by atoms with Crippen LogP contribution in [0.4, 0.5) is 5.69 Å². The van der Waals surface area contributed by atoms with Crippen LogP contribution in [0.2, 0.25) is 0 Å². The molecular formula is C35H26N4O6. The van der Waals surface area contributed by atoms with Crippen molar-refractivity contribution in [3.8, 4) is 28.2 Å². The molecule has 1 amide bonds. The quantitative estimate of drug-likeness (QED) is 0.0799. The van der Waals surface area contributed by atoms with Crippen LogP contribution >= 0.6 is 0 Å². The molecule has 0 atom stereocenters. The molecule has 45 heavy (non-hydrogen) atoms. The van der Waals surface area contributed by atoms with Gasteiger partial charge in [0.1, 0.15) is 5.58 Å². The number of amides is 1. The van der Waals surface area contributed by atoms with Crippen LogP contribution in [-0.2, 0) is 4.74 Å². The summed E-state index contributed by atoms with van der Waals surface area (Å²) in [6, 6.07) is 34.3. The number of carbonyl (C=O) groups is 2. The Labute approximate surface area is 257 Å². The van der Waals surface area contributed by atoms with Crippen molar-refractivity contribution in [1.29, 1.82) is 0 Å². The van der Waals surface area contributed by atoms with Crippen molar-refractivity contribution in [1.82, 2.24) is 9.99 Å². The second kappa shape index (κ2) is 12.5. The summed E-state index contributed by atoms with van der Waals surface area (Å²) < 4.78 is 12.8. The van der Waals surface area contributed by atoms with Crippen LogP contribution in [-0.4, -0.2) is 34.2 Å². The number of hydrogen-bond donors (Lipinski definition) is 1. The maximum absolute atomic E-state index is 12.9. The van der Waals surface area contributed by atoms with E-state index in [4.69, 9.17) is 9.15 Å². The lowest BCUT2D eigenvalue weighted by molar-refractivity contribution is -0.384. The summed E-state index contributed by atoms with van der Waals surface area (Å²) in [5.41, 5.74) is 8.25. The Hall–Kier alpha value is -6.29. The van der Waals surface area contributed by atoms with Gasteiger partial charge < -0.3 is 13.7 Å². The van der Waals surface area contributed by atoms with E-state index in [9.17, 15) is 19.7 Å². The third-order valence-electron chi connectivity index (χ3n) is 7.09. The second-order valence-corrected chi connectivity index (χ2v) is 9.96. The molecular weight excluding hydrogens is 572 g/mol. The Morgan fingerprint density at radius 3 is 2.27 bits per heavy atom. The predicted molar refractivity (Wildman–Crippen MR) is 171 cm³/mol. The third-order valence-corrected chi connectivity index (χ3v) is 7.09. The van der Waals surface area contributed by atoms with E-state index in [1.165, 1.54) is 24.3 Å². The summed E-state index contributed by atoms with van der Waals surface area (Å²) in [7, 11) is 0. The Kier molecular flexibility index (Phi) is 8.02. The van der Waals surface area contributed by atoms with Crippen molar-refractivity contribution in [2.45, 2.75) is 6.92 Å². The average molecular weight is 599 g/mol. The van der Waals surface area contributed by atoms with Gasteiger partial charge in [-0.1, -0.05) is 60.7 Å². The highest BCUT2D eigenvalue weighted by Gasteiger charge is 2.20. The minimum atomic E-state index is -0.608. The number of aromatic nitrogens is 1. The maximum atomic E-state index is 12.9. The molecule has 222 valence electrons. The van der Waals surface area contributed by atoms with Gasteiger partial charge in [-0.3, -0.25) is 14.9 Å². The fraction of sp³-hybridized carbons (Fsp3) is 0.0571. The number of ether oxygens (including phenoxy) is 1. The number of nitrogens with one attached hydrogen (secondary N) is 1. The Morgan fingerprint density at radius 1 is 0.911 bits per heavy atom. The normalized spacial score (nSPS) is 11.1.